The van der Waals surface area contributed by atoms with Gasteiger partial charge >= 0.3 is 0 Å². The van der Waals surface area contributed by atoms with Gasteiger partial charge in [0.15, 0.2) is 0 Å². The van der Waals surface area contributed by atoms with Gasteiger partial charge in [0, 0.05) is 24.2 Å². The van der Waals surface area contributed by atoms with Crippen molar-refractivity contribution in [1.29, 1.82) is 0 Å². The Hall–Kier alpha value is -0.160. The molecule has 0 bridgehead atoms. The van der Waals surface area contributed by atoms with Gasteiger partial charge in [0.25, 0.3) is 0 Å². The molecule has 0 radical (unpaired) electrons. The van der Waals surface area contributed by atoms with Crippen LogP contribution in [0.4, 0.5) is 0 Å². The average molecular weight is 325 g/mol. The first-order valence-corrected chi connectivity index (χ1v) is 10.0. The molecule has 3 rings (SSSR count). The van der Waals surface area contributed by atoms with E-state index in [-0.39, 0.29) is 0 Å². The second-order valence-electron chi connectivity index (χ2n) is 8.47. The zero-order chi connectivity index (χ0) is 16.7. The Labute approximate surface area is 143 Å². The smallest absolute Gasteiger partial charge is 0.00399 e. The molecule has 4 nitrogen and oxygen atoms in total. The third-order valence-corrected chi connectivity index (χ3v) is 6.27. The predicted molar refractivity (Wildman–Crippen MR) is 98.9 cm³/mol. The molecule has 3 fully saturated rings. The summed E-state index contributed by atoms with van der Waals surface area (Å²) in [6.07, 6.45) is 16.5. The molecule has 0 amide bonds. The van der Waals surface area contributed by atoms with Crippen LogP contribution in [0.5, 0.6) is 0 Å². The summed E-state index contributed by atoms with van der Waals surface area (Å²) >= 11 is 0. The van der Waals surface area contributed by atoms with Crippen LogP contribution < -0.4 is 22.9 Å². The summed E-state index contributed by atoms with van der Waals surface area (Å²) in [4.78, 5) is 0. The lowest BCUT2D eigenvalue weighted by Gasteiger charge is -2.32. The summed E-state index contributed by atoms with van der Waals surface area (Å²) in [5, 5.41) is 0. The van der Waals surface area contributed by atoms with E-state index in [1.54, 1.807) is 0 Å². The molecule has 0 saturated heterocycles. The van der Waals surface area contributed by atoms with Gasteiger partial charge in [-0.1, -0.05) is 0 Å². The topological polar surface area (TPSA) is 104 Å². The Morgan fingerprint density at radius 3 is 0.870 bits per heavy atom. The predicted octanol–water partition coefficient (Wildman–Crippen LogP) is 2.63. The van der Waals surface area contributed by atoms with Gasteiger partial charge in [-0.05, 0) is 95.3 Å². The molecule has 136 valence electrons. The van der Waals surface area contributed by atoms with E-state index >= 15 is 0 Å². The van der Waals surface area contributed by atoms with Crippen molar-refractivity contribution < 1.29 is 0 Å². The highest BCUT2D eigenvalue weighted by Gasteiger charge is 2.24. The van der Waals surface area contributed by atoms with Gasteiger partial charge in [-0.2, -0.15) is 0 Å². The summed E-state index contributed by atoms with van der Waals surface area (Å²) in [7, 11) is 0. The fourth-order valence-corrected chi connectivity index (χ4v) is 4.46. The molecule has 0 unspecified atom stereocenters. The van der Waals surface area contributed by atoms with Gasteiger partial charge in [-0.15, -0.1) is 0 Å². The summed E-state index contributed by atoms with van der Waals surface area (Å²) in [6, 6.07) is 1.88. The number of rotatable bonds is 2. The van der Waals surface area contributed by atoms with E-state index in [9.17, 15) is 0 Å². The molecular formula is C19H40N4. The fourth-order valence-electron chi connectivity index (χ4n) is 4.46. The summed E-state index contributed by atoms with van der Waals surface area (Å²) in [5.74, 6) is 1.95. The molecule has 0 spiro atoms. The van der Waals surface area contributed by atoms with E-state index in [0.29, 0.717) is 24.2 Å². The van der Waals surface area contributed by atoms with Crippen molar-refractivity contribution in [2.24, 2.45) is 34.8 Å². The van der Waals surface area contributed by atoms with E-state index in [1.165, 1.54) is 57.8 Å². The number of hydrogen-bond acceptors (Lipinski definition) is 4. The molecule has 0 heterocycles. The molecule has 0 aliphatic heterocycles. The first kappa shape index (κ1) is 19.2. The minimum atomic E-state index is 0.440. The van der Waals surface area contributed by atoms with Gasteiger partial charge in [0.05, 0.1) is 0 Å². The van der Waals surface area contributed by atoms with Crippen molar-refractivity contribution in [1.82, 2.24) is 0 Å². The van der Waals surface area contributed by atoms with Gasteiger partial charge in [-0.3, -0.25) is 0 Å². The third-order valence-electron chi connectivity index (χ3n) is 6.27. The molecule has 23 heavy (non-hydrogen) atoms. The quantitative estimate of drug-likeness (QED) is 0.626. The van der Waals surface area contributed by atoms with Gasteiger partial charge in [0.1, 0.15) is 0 Å². The Balaban J connectivity index is 0.000000203. The van der Waals surface area contributed by atoms with Crippen molar-refractivity contribution in [2.75, 3.05) is 0 Å². The van der Waals surface area contributed by atoms with Crippen LogP contribution in [-0.2, 0) is 0 Å². The highest BCUT2D eigenvalue weighted by molar-refractivity contribution is 4.80. The molecular weight excluding hydrogens is 284 g/mol. The monoisotopic (exact) mass is 324 g/mol. The van der Waals surface area contributed by atoms with E-state index in [2.05, 4.69) is 0 Å². The van der Waals surface area contributed by atoms with Crippen LogP contribution >= 0.6 is 0 Å². The maximum Gasteiger partial charge on any atom is 0.00399 e. The van der Waals surface area contributed by atoms with Crippen LogP contribution in [0.2, 0.25) is 0 Å². The van der Waals surface area contributed by atoms with Crippen LogP contribution in [0, 0.1) is 11.8 Å². The molecule has 8 N–H and O–H groups in total. The first-order chi connectivity index (χ1) is 11.0. The lowest BCUT2D eigenvalue weighted by molar-refractivity contribution is 0.225. The van der Waals surface area contributed by atoms with E-state index in [0.717, 1.165) is 37.5 Å². The van der Waals surface area contributed by atoms with Crippen molar-refractivity contribution in [3.05, 3.63) is 0 Å². The molecule has 0 atom stereocenters. The summed E-state index contributed by atoms with van der Waals surface area (Å²) < 4.78 is 0. The molecule has 3 aliphatic carbocycles. The fraction of sp³-hybridized carbons (Fsp3) is 1.00. The number of nitrogens with two attached hydrogens (primary N) is 4. The van der Waals surface area contributed by atoms with E-state index < -0.39 is 0 Å². The van der Waals surface area contributed by atoms with Gasteiger partial charge < -0.3 is 22.9 Å². The SMILES string of the molecule is NC1CCC(CC2CCC(N)CC2)CC1.NC1CCC(N)CC1. The van der Waals surface area contributed by atoms with Crippen LogP contribution in [0.1, 0.15) is 83.5 Å². The van der Waals surface area contributed by atoms with Crippen molar-refractivity contribution >= 4 is 0 Å². The minimum absolute atomic E-state index is 0.440. The van der Waals surface area contributed by atoms with Crippen LogP contribution in [0.25, 0.3) is 0 Å². The summed E-state index contributed by atoms with van der Waals surface area (Å²) in [5.41, 5.74) is 23.1. The number of hydrogen-bond donors (Lipinski definition) is 4. The lowest BCUT2D eigenvalue weighted by atomic mass is 9.76. The third kappa shape index (κ3) is 7.51. The first-order valence-electron chi connectivity index (χ1n) is 10.0. The van der Waals surface area contributed by atoms with E-state index in [1.807, 2.05) is 0 Å². The highest BCUT2D eigenvalue weighted by Crippen LogP contribution is 2.34. The van der Waals surface area contributed by atoms with Crippen LogP contribution in [-0.4, -0.2) is 24.2 Å². The molecule has 0 aromatic heterocycles. The Morgan fingerprint density at radius 1 is 0.391 bits per heavy atom. The Bertz CT molecular complexity index is 268. The van der Waals surface area contributed by atoms with Gasteiger partial charge in [0.2, 0.25) is 0 Å². The second-order valence-corrected chi connectivity index (χ2v) is 8.47. The molecule has 4 heteroatoms. The van der Waals surface area contributed by atoms with Crippen LogP contribution in [0.3, 0.4) is 0 Å². The Morgan fingerprint density at radius 2 is 0.609 bits per heavy atom. The molecule has 0 aromatic rings. The summed E-state index contributed by atoms with van der Waals surface area (Å²) in [6.45, 7) is 0. The van der Waals surface area contributed by atoms with Crippen molar-refractivity contribution in [3.8, 4) is 0 Å². The lowest BCUT2D eigenvalue weighted by Crippen LogP contribution is -2.33. The molecule has 0 aromatic carbocycles. The van der Waals surface area contributed by atoms with Crippen LogP contribution in [0.15, 0.2) is 0 Å². The van der Waals surface area contributed by atoms with E-state index in [4.69, 9.17) is 22.9 Å². The van der Waals surface area contributed by atoms with Crippen molar-refractivity contribution in [2.45, 2.75) is 108 Å². The maximum atomic E-state index is 5.93. The zero-order valence-electron chi connectivity index (χ0n) is 15.0. The molecule has 3 aliphatic rings. The maximum absolute atomic E-state index is 5.93. The second kappa shape index (κ2) is 9.97. The average Bonchev–Trinajstić information content (AvgIpc) is 2.55. The minimum Gasteiger partial charge on any atom is -0.328 e. The Kier molecular flexibility index (Phi) is 8.31. The van der Waals surface area contributed by atoms with Crippen molar-refractivity contribution in [3.63, 3.8) is 0 Å². The van der Waals surface area contributed by atoms with Gasteiger partial charge in [-0.25, -0.2) is 0 Å². The molecule has 3 saturated carbocycles. The normalized spacial score (nSPS) is 41.7. The standard InChI is InChI=1S/C13H26N2.C6H14N2/c14-12-5-1-10(2-6-12)9-11-3-7-13(15)8-4-11;7-5-1-2-6(8)4-3-5/h10-13H,1-9,14-15H2;5-6H,1-4,7-8H2. The highest BCUT2D eigenvalue weighted by atomic mass is 14.7. The zero-order valence-corrected chi connectivity index (χ0v) is 15.0. The largest absolute Gasteiger partial charge is 0.328 e.